The molecule has 2 saturated heterocycles. The lowest BCUT2D eigenvalue weighted by Crippen LogP contribution is -2.58. The van der Waals surface area contributed by atoms with Crippen LogP contribution in [-0.2, 0) is 28.6 Å². The third kappa shape index (κ3) is 9.15. The Morgan fingerprint density at radius 2 is 1.68 bits per heavy atom. The van der Waals surface area contributed by atoms with E-state index in [4.69, 9.17) is 14.2 Å². The molecule has 3 rings (SSSR count). The first-order chi connectivity index (χ1) is 21.8. The van der Waals surface area contributed by atoms with E-state index < -0.39 is 52.5 Å². The number of esters is 1. The first-order valence-corrected chi connectivity index (χ1v) is 17.1. The molecule has 9 atom stereocenters. The molecule has 8 nitrogen and oxygen atoms in total. The standard InChI is InChI=1S/C39H57NO7/c1-12-31-39(11,44)35-25(3)32(40-28(6)41)24(2)21-38(10,34(37(7,8)9)26(4)33(42)27(5)36(43)47-31)46-23-30(22-45-35)20-16-19-29-17-14-13-15-18-29/h13-20,24-27,31,34-35,44H,12,21-23H2,1-11H3/b19-16+,30-20+,40-32+/t24-,25+,26+,27-,31-,34+,35-,38-,39-/m1/s1. The van der Waals surface area contributed by atoms with Gasteiger partial charge in [-0.3, -0.25) is 14.4 Å². The van der Waals surface area contributed by atoms with Gasteiger partial charge < -0.3 is 19.3 Å². The number of ketones is 1. The molecule has 260 valence electrons. The zero-order valence-corrected chi connectivity index (χ0v) is 30.3. The van der Waals surface area contributed by atoms with Crippen molar-refractivity contribution in [3.8, 4) is 0 Å². The summed E-state index contributed by atoms with van der Waals surface area (Å²) in [4.78, 5) is 44.8. The topological polar surface area (TPSA) is 111 Å². The predicted octanol–water partition coefficient (Wildman–Crippen LogP) is 7.04. The van der Waals surface area contributed by atoms with Crippen molar-refractivity contribution in [1.82, 2.24) is 0 Å². The lowest BCUT2D eigenvalue weighted by molar-refractivity contribution is -0.193. The summed E-state index contributed by atoms with van der Waals surface area (Å²) in [5.41, 5.74) is -0.561. The minimum atomic E-state index is -1.70. The summed E-state index contributed by atoms with van der Waals surface area (Å²) in [6.45, 7) is 20.8. The Balaban J connectivity index is 2.35. The van der Waals surface area contributed by atoms with Gasteiger partial charge in [0.1, 0.15) is 23.4 Å². The van der Waals surface area contributed by atoms with Crippen molar-refractivity contribution in [2.45, 2.75) is 112 Å². The number of nitrogens with zero attached hydrogens (tertiary/aromatic N) is 1. The lowest BCUT2D eigenvalue weighted by atomic mass is 9.61. The molecule has 47 heavy (non-hydrogen) atoms. The number of Topliss-reactive ketones (excluding diaryl/α,β-unsaturated/α-hetero) is 1. The zero-order valence-electron chi connectivity index (χ0n) is 30.3. The second-order valence-electron chi connectivity index (χ2n) is 15.2. The number of rotatable bonds is 3. The number of fused-ring (bicyclic) bond motifs is 5. The summed E-state index contributed by atoms with van der Waals surface area (Å²) in [5.74, 6) is -4.04. The van der Waals surface area contributed by atoms with Gasteiger partial charge in [0.15, 0.2) is 0 Å². The van der Waals surface area contributed by atoms with Crippen LogP contribution < -0.4 is 0 Å². The molecule has 2 aliphatic heterocycles. The van der Waals surface area contributed by atoms with Crippen molar-refractivity contribution in [2.24, 2.45) is 40.0 Å². The molecular formula is C39H57NO7. The molecule has 8 heteroatoms. The molecule has 0 aromatic heterocycles. The van der Waals surface area contributed by atoms with Crippen LogP contribution in [0.1, 0.15) is 94.6 Å². The molecule has 1 aromatic carbocycles. The van der Waals surface area contributed by atoms with E-state index in [1.54, 1.807) is 13.8 Å². The summed E-state index contributed by atoms with van der Waals surface area (Å²) < 4.78 is 19.6. The second kappa shape index (κ2) is 15.5. The number of cyclic esters (lactones) is 1. The third-order valence-electron chi connectivity index (χ3n) is 10.1. The number of hydrogen-bond acceptors (Lipinski definition) is 7. The van der Waals surface area contributed by atoms with Gasteiger partial charge in [-0.15, -0.1) is 0 Å². The van der Waals surface area contributed by atoms with Gasteiger partial charge in [-0.25, -0.2) is 4.99 Å². The van der Waals surface area contributed by atoms with E-state index in [9.17, 15) is 19.5 Å². The second-order valence-corrected chi connectivity index (χ2v) is 15.2. The van der Waals surface area contributed by atoms with E-state index in [1.807, 2.05) is 83.2 Å². The maximum atomic E-state index is 14.1. The summed E-state index contributed by atoms with van der Waals surface area (Å²) >= 11 is 0. The number of allylic oxidation sites excluding steroid dienone is 2. The third-order valence-corrected chi connectivity index (χ3v) is 10.1. The number of carbonyl (C=O) groups excluding carboxylic acids is 3. The zero-order chi connectivity index (χ0) is 35.3. The molecule has 0 saturated carbocycles. The summed E-state index contributed by atoms with van der Waals surface area (Å²) in [7, 11) is 0. The normalized spacial score (nSPS) is 36.9. The molecule has 2 aliphatic rings. The van der Waals surface area contributed by atoms with E-state index in [0.717, 1.165) is 11.1 Å². The largest absolute Gasteiger partial charge is 0.459 e. The van der Waals surface area contributed by atoms with Crippen molar-refractivity contribution in [3.05, 3.63) is 53.6 Å². The Morgan fingerprint density at radius 1 is 1.04 bits per heavy atom. The molecule has 0 spiro atoms. The summed E-state index contributed by atoms with van der Waals surface area (Å²) in [6, 6.07) is 9.96. The fourth-order valence-corrected chi connectivity index (χ4v) is 8.17. The van der Waals surface area contributed by atoms with Crippen LogP contribution in [0, 0.1) is 35.0 Å². The highest BCUT2D eigenvalue weighted by Crippen LogP contribution is 2.47. The van der Waals surface area contributed by atoms with E-state index >= 15 is 0 Å². The van der Waals surface area contributed by atoms with Crippen molar-refractivity contribution in [3.63, 3.8) is 0 Å². The van der Waals surface area contributed by atoms with Gasteiger partial charge in [0.05, 0.1) is 24.9 Å². The average molecular weight is 652 g/mol. The number of aliphatic imine (C=N–C) groups is 1. The van der Waals surface area contributed by atoms with E-state index in [0.29, 0.717) is 12.1 Å². The molecule has 0 radical (unpaired) electrons. The number of carbonyl (C=O) groups is 3. The van der Waals surface area contributed by atoms with Gasteiger partial charge in [0, 0.05) is 30.4 Å². The molecule has 0 unspecified atom stereocenters. The number of benzene rings is 1. The van der Waals surface area contributed by atoms with Crippen LogP contribution >= 0.6 is 0 Å². The van der Waals surface area contributed by atoms with Crippen LogP contribution in [0.15, 0.2) is 53.0 Å². The van der Waals surface area contributed by atoms with Crippen LogP contribution in [0.4, 0.5) is 0 Å². The molecule has 1 amide bonds. The Morgan fingerprint density at radius 3 is 2.26 bits per heavy atom. The monoisotopic (exact) mass is 651 g/mol. The molecule has 1 aromatic rings. The first-order valence-electron chi connectivity index (χ1n) is 17.1. The molecule has 0 aliphatic carbocycles. The Kier molecular flexibility index (Phi) is 12.7. The maximum Gasteiger partial charge on any atom is 0.316 e. The van der Waals surface area contributed by atoms with Gasteiger partial charge in [-0.1, -0.05) is 97.0 Å². The van der Waals surface area contributed by atoms with Gasteiger partial charge in [0.25, 0.3) is 0 Å². The van der Waals surface area contributed by atoms with Gasteiger partial charge in [-0.05, 0) is 56.1 Å². The van der Waals surface area contributed by atoms with Crippen LogP contribution in [-0.4, -0.2) is 65.1 Å². The summed E-state index contributed by atoms with van der Waals surface area (Å²) in [6.07, 6.45) is 4.75. The number of ether oxygens (including phenoxy) is 3. The highest BCUT2D eigenvalue weighted by Gasteiger charge is 2.53. The molecular weight excluding hydrogens is 594 g/mol. The number of amides is 1. The molecule has 1 N–H and O–H groups in total. The predicted molar refractivity (Wildman–Crippen MR) is 186 cm³/mol. The Labute approximate surface area is 282 Å². The van der Waals surface area contributed by atoms with Crippen LogP contribution in [0.25, 0.3) is 6.08 Å². The Hall–Kier alpha value is -2.94. The van der Waals surface area contributed by atoms with Crippen LogP contribution in [0.5, 0.6) is 0 Å². The van der Waals surface area contributed by atoms with E-state index in [1.165, 1.54) is 6.92 Å². The van der Waals surface area contributed by atoms with Crippen molar-refractivity contribution >= 4 is 29.4 Å². The highest BCUT2D eigenvalue weighted by atomic mass is 16.6. The number of aliphatic hydroxyl groups is 1. The quantitative estimate of drug-likeness (QED) is 0.276. The van der Waals surface area contributed by atoms with Crippen LogP contribution in [0.3, 0.4) is 0 Å². The SMILES string of the molecule is CC[C@H]1OC(=O)[C@H](C)C(=O)[C@H](C)[C@@H](C(C)(C)C)[C@@]2(C)C[C@@H](C)/C(=N\C(C)=O)[C@H](C)[C@@H](OC/C(=C\C=C\c3ccccc3)CO2)[C@]1(C)O. The lowest BCUT2D eigenvalue weighted by Gasteiger charge is -2.49. The highest BCUT2D eigenvalue weighted by molar-refractivity contribution is 6.00. The van der Waals surface area contributed by atoms with Crippen molar-refractivity contribution in [2.75, 3.05) is 13.2 Å². The first kappa shape index (κ1) is 38.5. The van der Waals surface area contributed by atoms with E-state index in [-0.39, 0.29) is 43.2 Å². The molecule has 2 heterocycles. The average Bonchev–Trinajstić information content (AvgIpc) is 3.00. The molecule has 2 fully saturated rings. The van der Waals surface area contributed by atoms with Crippen molar-refractivity contribution in [1.29, 1.82) is 0 Å². The van der Waals surface area contributed by atoms with Gasteiger partial charge in [0.2, 0.25) is 5.91 Å². The van der Waals surface area contributed by atoms with Crippen molar-refractivity contribution < 1.29 is 33.7 Å². The minimum absolute atomic E-state index is 0.109. The van der Waals surface area contributed by atoms with Crippen LogP contribution in [0.2, 0.25) is 0 Å². The maximum absolute atomic E-state index is 14.1. The van der Waals surface area contributed by atoms with E-state index in [2.05, 4.69) is 25.8 Å². The Bertz CT molecular complexity index is 1350. The molecule has 2 bridgehead atoms. The smallest absolute Gasteiger partial charge is 0.316 e. The van der Waals surface area contributed by atoms with Gasteiger partial charge in [-0.2, -0.15) is 0 Å². The fourth-order valence-electron chi connectivity index (χ4n) is 8.17. The van der Waals surface area contributed by atoms with Gasteiger partial charge >= 0.3 is 5.97 Å². The fraction of sp³-hybridized carbons (Fsp3) is 0.641. The summed E-state index contributed by atoms with van der Waals surface area (Å²) in [5, 5.41) is 12.3. The minimum Gasteiger partial charge on any atom is -0.459 e. The number of hydrogen-bond donors (Lipinski definition) is 1.